The quantitative estimate of drug-likeness (QED) is 0.260. The highest BCUT2D eigenvalue weighted by Gasteiger charge is 2.78. The SMILES string of the molecule is COC(=O)O[C@@]12CO[C@@H]1CC(O)[C@@]1(C)C(=O)[C@H](OC(C)=O)C3=C(C)[C@@H](O)C[C@@](O)([C@@H](OC(=O)c4ccccc4)C12)C3(C)C. The third kappa shape index (κ3) is 4.33. The van der Waals surface area contributed by atoms with Crippen molar-refractivity contribution in [3.63, 3.8) is 0 Å². The minimum absolute atomic E-state index is 0.136. The van der Waals surface area contributed by atoms with Crippen LogP contribution in [0.5, 0.6) is 0 Å². The summed E-state index contributed by atoms with van der Waals surface area (Å²) in [6.45, 7) is 7.06. The maximum atomic E-state index is 14.8. The van der Waals surface area contributed by atoms with Gasteiger partial charge in [-0.15, -0.1) is 0 Å². The average Bonchev–Trinajstić information content (AvgIpc) is 2.95. The number of benzene rings is 1. The van der Waals surface area contributed by atoms with Crippen LogP contribution in [0.25, 0.3) is 0 Å². The molecule has 2 unspecified atom stereocenters. The molecule has 1 saturated heterocycles. The van der Waals surface area contributed by atoms with E-state index in [0.717, 1.165) is 14.0 Å². The van der Waals surface area contributed by atoms with E-state index in [2.05, 4.69) is 0 Å². The lowest BCUT2D eigenvalue weighted by atomic mass is 9.44. The number of carbonyl (C=O) groups excluding carboxylic acids is 4. The summed E-state index contributed by atoms with van der Waals surface area (Å²) >= 11 is 0. The van der Waals surface area contributed by atoms with Crippen molar-refractivity contribution in [2.75, 3.05) is 13.7 Å². The van der Waals surface area contributed by atoms with Crippen molar-refractivity contribution in [3.8, 4) is 0 Å². The summed E-state index contributed by atoms with van der Waals surface area (Å²) in [5.74, 6) is -3.87. The van der Waals surface area contributed by atoms with Gasteiger partial charge in [0.1, 0.15) is 17.8 Å². The van der Waals surface area contributed by atoms with Crippen LogP contribution in [-0.2, 0) is 33.3 Å². The molecule has 3 N–H and O–H groups in total. The molecule has 5 rings (SSSR count). The lowest BCUT2D eigenvalue weighted by Crippen LogP contribution is -2.82. The van der Waals surface area contributed by atoms with Crippen LogP contribution < -0.4 is 0 Å². The second kappa shape index (κ2) is 10.4. The fourth-order valence-electron chi connectivity index (χ4n) is 7.83. The number of methoxy groups -OCH3 is 1. The molecule has 0 amide bonds. The second-order valence-electron chi connectivity index (χ2n) is 12.7. The van der Waals surface area contributed by atoms with Gasteiger partial charge in [-0.05, 0) is 37.1 Å². The molecule has 1 aromatic rings. The molecule has 2 saturated carbocycles. The van der Waals surface area contributed by atoms with E-state index < -0.39 is 82.3 Å². The number of aliphatic hydroxyl groups excluding tert-OH is 2. The Kier molecular flexibility index (Phi) is 7.52. The number of fused-ring (bicyclic) bond motifs is 5. The highest BCUT2D eigenvalue weighted by molar-refractivity contribution is 5.95. The molecule has 234 valence electrons. The van der Waals surface area contributed by atoms with Gasteiger partial charge in [-0.2, -0.15) is 0 Å². The van der Waals surface area contributed by atoms with Crippen molar-refractivity contribution < 1.29 is 58.2 Å². The summed E-state index contributed by atoms with van der Waals surface area (Å²) in [6, 6.07) is 7.98. The summed E-state index contributed by atoms with van der Waals surface area (Å²) in [5.41, 5.74) is -6.69. The van der Waals surface area contributed by atoms with Gasteiger partial charge in [0.2, 0.25) is 0 Å². The molecule has 9 atom stereocenters. The summed E-state index contributed by atoms with van der Waals surface area (Å²) in [7, 11) is 1.10. The number of ether oxygens (including phenoxy) is 5. The van der Waals surface area contributed by atoms with Crippen LogP contribution in [0.2, 0.25) is 0 Å². The number of Topliss-reactive ketones (excluding diaryl/α,β-unsaturated/α-hetero) is 1. The van der Waals surface area contributed by atoms with E-state index in [-0.39, 0.29) is 30.6 Å². The molecule has 0 spiro atoms. The molecular formula is C31H38O12. The Morgan fingerprint density at radius 1 is 1.05 bits per heavy atom. The number of carbonyl (C=O) groups is 4. The number of esters is 2. The zero-order valence-corrected chi connectivity index (χ0v) is 25.0. The van der Waals surface area contributed by atoms with Crippen molar-refractivity contribution in [1.29, 1.82) is 0 Å². The molecule has 1 aromatic carbocycles. The van der Waals surface area contributed by atoms with E-state index in [1.807, 2.05) is 0 Å². The highest BCUT2D eigenvalue weighted by Crippen LogP contribution is 2.64. The molecule has 2 bridgehead atoms. The van der Waals surface area contributed by atoms with Crippen LogP contribution in [0.3, 0.4) is 0 Å². The predicted octanol–water partition coefficient (Wildman–Crippen LogP) is 1.87. The van der Waals surface area contributed by atoms with E-state index in [1.54, 1.807) is 39.0 Å². The first-order chi connectivity index (χ1) is 20.1. The van der Waals surface area contributed by atoms with Crippen molar-refractivity contribution in [3.05, 3.63) is 47.0 Å². The summed E-state index contributed by atoms with van der Waals surface area (Å²) in [5, 5.41) is 35.9. The molecule has 3 fully saturated rings. The van der Waals surface area contributed by atoms with Gasteiger partial charge in [0.15, 0.2) is 17.5 Å². The van der Waals surface area contributed by atoms with E-state index >= 15 is 0 Å². The van der Waals surface area contributed by atoms with Crippen LogP contribution >= 0.6 is 0 Å². The number of hydrogen-bond donors (Lipinski definition) is 3. The Morgan fingerprint density at radius 2 is 1.70 bits per heavy atom. The Hall–Kier alpha value is -3.32. The van der Waals surface area contributed by atoms with E-state index in [4.69, 9.17) is 23.7 Å². The van der Waals surface area contributed by atoms with E-state index in [1.165, 1.54) is 19.1 Å². The smallest absolute Gasteiger partial charge is 0.455 e. The van der Waals surface area contributed by atoms with Gasteiger partial charge >= 0.3 is 18.1 Å². The maximum Gasteiger partial charge on any atom is 0.508 e. The Bertz CT molecular complexity index is 1370. The van der Waals surface area contributed by atoms with Crippen molar-refractivity contribution >= 4 is 23.9 Å². The average molecular weight is 603 g/mol. The zero-order chi connectivity index (χ0) is 31.7. The standard InChI is InChI=1S/C31H38O12/c1-15-18(33)13-31(38)25(42-26(36)17-10-8-7-9-11-17)23-29(5,24(35)22(41-16(2)32)21(15)28(31,3)4)19(34)12-20-30(23,14-40-20)43-27(37)39-6/h7-11,18-20,22-23,25,33-34,38H,12-14H2,1-6H3/t18-,19?,20+,22+,23?,25-,29+,30-,31+/m0/s1. The summed E-state index contributed by atoms with van der Waals surface area (Å²) in [4.78, 5) is 53.7. The molecule has 12 nitrogen and oxygen atoms in total. The topological polar surface area (TPSA) is 175 Å². The van der Waals surface area contributed by atoms with Gasteiger partial charge in [0.25, 0.3) is 0 Å². The zero-order valence-electron chi connectivity index (χ0n) is 25.0. The van der Waals surface area contributed by atoms with Crippen molar-refractivity contribution in [2.45, 2.75) is 89.2 Å². The molecule has 12 heteroatoms. The monoisotopic (exact) mass is 602 g/mol. The predicted molar refractivity (Wildman–Crippen MR) is 146 cm³/mol. The molecule has 43 heavy (non-hydrogen) atoms. The lowest BCUT2D eigenvalue weighted by molar-refractivity contribution is -0.344. The van der Waals surface area contributed by atoms with E-state index in [0.29, 0.717) is 5.57 Å². The first-order valence-corrected chi connectivity index (χ1v) is 14.2. The van der Waals surface area contributed by atoms with Gasteiger partial charge in [-0.25, -0.2) is 9.59 Å². The molecule has 0 aromatic heterocycles. The van der Waals surface area contributed by atoms with Crippen LogP contribution in [0.4, 0.5) is 4.79 Å². The third-order valence-electron chi connectivity index (χ3n) is 10.3. The molecular weight excluding hydrogens is 564 g/mol. The van der Waals surface area contributed by atoms with Crippen molar-refractivity contribution in [1.82, 2.24) is 0 Å². The molecule has 4 aliphatic rings. The Labute approximate surface area is 248 Å². The van der Waals surface area contributed by atoms with Crippen LogP contribution in [0, 0.1) is 16.7 Å². The fourth-order valence-corrected chi connectivity index (χ4v) is 7.83. The third-order valence-corrected chi connectivity index (χ3v) is 10.3. The van der Waals surface area contributed by atoms with Gasteiger partial charge in [0.05, 0.1) is 42.8 Å². The first-order valence-electron chi connectivity index (χ1n) is 14.2. The molecule has 0 radical (unpaired) electrons. The highest BCUT2D eigenvalue weighted by atomic mass is 16.8. The lowest BCUT2D eigenvalue weighted by Gasteiger charge is -2.67. The minimum atomic E-state index is -2.15. The molecule has 1 heterocycles. The van der Waals surface area contributed by atoms with Crippen LogP contribution in [0.1, 0.15) is 57.8 Å². The summed E-state index contributed by atoms with van der Waals surface area (Å²) < 4.78 is 28.2. The summed E-state index contributed by atoms with van der Waals surface area (Å²) in [6.07, 6.45) is -8.69. The van der Waals surface area contributed by atoms with Crippen LogP contribution in [0.15, 0.2) is 41.5 Å². The number of ketones is 1. The molecule has 1 aliphatic heterocycles. The van der Waals surface area contributed by atoms with Gasteiger partial charge in [-0.1, -0.05) is 32.0 Å². The second-order valence-corrected chi connectivity index (χ2v) is 12.7. The Balaban J connectivity index is 1.84. The maximum absolute atomic E-state index is 14.8. The first kappa shape index (κ1) is 31.1. The van der Waals surface area contributed by atoms with Gasteiger partial charge < -0.3 is 39.0 Å². The minimum Gasteiger partial charge on any atom is -0.455 e. The number of aliphatic hydroxyl groups is 3. The largest absolute Gasteiger partial charge is 0.508 e. The van der Waals surface area contributed by atoms with Gasteiger partial charge in [-0.3, -0.25) is 9.59 Å². The number of rotatable bonds is 4. The Morgan fingerprint density at radius 3 is 2.26 bits per heavy atom. The number of hydrogen-bond acceptors (Lipinski definition) is 12. The van der Waals surface area contributed by atoms with Crippen LogP contribution in [-0.4, -0.2) is 94.6 Å². The van der Waals surface area contributed by atoms with E-state index in [9.17, 15) is 34.5 Å². The molecule has 3 aliphatic carbocycles. The normalized spacial score (nSPS) is 39.6. The fraction of sp³-hybridized carbons (Fsp3) is 0.613. The van der Waals surface area contributed by atoms with Gasteiger partial charge in [0, 0.05) is 25.2 Å². The van der Waals surface area contributed by atoms with Crippen molar-refractivity contribution in [2.24, 2.45) is 16.7 Å².